The third-order valence-electron chi connectivity index (χ3n) is 5.03. The lowest BCUT2D eigenvalue weighted by Gasteiger charge is -2.39. The molecule has 0 saturated carbocycles. The summed E-state index contributed by atoms with van der Waals surface area (Å²) in [4.78, 5) is 14.3. The fourth-order valence-electron chi connectivity index (χ4n) is 3.60. The van der Waals surface area contributed by atoms with Gasteiger partial charge in [-0.05, 0) is 50.5 Å². The molecule has 3 rings (SSSR count). The molecule has 0 N–H and O–H groups in total. The first-order valence-corrected chi connectivity index (χ1v) is 10.4. The minimum atomic E-state index is -0.542. The molecule has 2 aromatic carbocycles. The van der Waals surface area contributed by atoms with Gasteiger partial charge in [-0.15, -0.1) is 0 Å². The van der Waals surface area contributed by atoms with E-state index < -0.39 is 5.60 Å². The number of ether oxygens (including phenoxy) is 2. The molecule has 160 valence electrons. The normalized spacial score (nSPS) is 19.8. The van der Waals surface area contributed by atoms with E-state index >= 15 is 0 Å². The minimum Gasteiger partial charge on any atom is -0.444 e. The van der Waals surface area contributed by atoms with E-state index in [9.17, 15) is 9.18 Å². The van der Waals surface area contributed by atoms with Crippen LogP contribution < -0.4 is 0 Å². The second kappa shape index (κ2) is 9.90. The molecule has 0 spiro atoms. The summed E-state index contributed by atoms with van der Waals surface area (Å²) < 4.78 is 25.1. The largest absolute Gasteiger partial charge is 0.444 e. The smallest absolute Gasteiger partial charge is 0.410 e. The van der Waals surface area contributed by atoms with E-state index in [1.54, 1.807) is 17.0 Å². The SMILES string of the molecule is CC(C)(C)OC(=O)N1CCC(c2ccc(F)cc2)C(OC/C=C/c2ccccc2)C1. The highest BCUT2D eigenvalue weighted by molar-refractivity contribution is 5.68. The van der Waals surface area contributed by atoms with Gasteiger partial charge < -0.3 is 14.4 Å². The van der Waals surface area contributed by atoms with Crippen LogP contribution in [0.2, 0.25) is 0 Å². The van der Waals surface area contributed by atoms with Gasteiger partial charge in [-0.2, -0.15) is 0 Å². The van der Waals surface area contributed by atoms with Crippen molar-refractivity contribution in [2.75, 3.05) is 19.7 Å². The maximum absolute atomic E-state index is 13.4. The number of hydrogen-bond donors (Lipinski definition) is 0. The molecule has 1 heterocycles. The van der Waals surface area contributed by atoms with Crippen LogP contribution in [0.15, 0.2) is 60.7 Å². The second-order valence-electron chi connectivity index (χ2n) is 8.56. The number of carbonyl (C=O) groups is 1. The Hall–Kier alpha value is -2.66. The highest BCUT2D eigenvalue weighted by atomic mass is 19.1. The first-order chi connectivity index (χ1) is 14.3. The fraction of sp³-hybridized carbons (Fsp3) is 0.400. The molecule has 2 unspecified atom stereocenters. The van der Waals surface area contributed by atoms with Crippen molar-refractivity contribution < 1.29 is 18.7 Å². The molecule has 0 bridgehead atoms. The molecule has 5 heteroatoms. The number of rotatable bonds is 5. The Morgan fingerprint density at radius 1 is 1.13 bits per heavy atom. The lowest BCUT2D eigenvalue weighted by atomic mass is 9.87. The Kier molecular flexibility index (Phi) is 7.27. The van der Waals surface area contributed by atoms with E-state index in [0.29, 0.717) is 19.7 Å². The molecular formula is C25H30FNO3. The topological polar surface area (TPSA) is 38.8 Å². The number of nitrogens with zero attached hydrogens (tertiary/aromatic N) is 1. The predicted molar refractivity (Wildman–Crippen MR) is 117 cm³/mol. The summed E-state index contributed by atoms with van der Waals surface area (Å²) in [5, 5.41) is 0. The van der Waals surface area contributed by atoms with Gasteiger partial charge in [-0.25, -0.2) is 9.18 Å². The quantitative estimate of drug-likeness (QED) is 0.638. The molecular weight excluding hydrogens is 381 g/mol. The van der Waals surface area contributed by atoms with Crippen molar-refractivity contribution in [3.8, 4) is 0 Å². The van der Waals surface area contributed by atoms with Crippen molar-refractivity contribution in [2.45, 2.75) is 44.8 Å². The average molecular weight is 412 g/mol. The number of amides is 1. The van der Waals surface area contributed by atoms with Crippen molar-refractivity contribution in [2.24, 2.45) is 0 Å². The molecule has 2 aromatic rings. The molecule has 1 fully saturated rings. The summed E-state index contributed by atoms with van der Waals surface area (Å²) in [5.74, 6) is -0.164. The van der Waals surface area contributed by atoms with Gasteiger partial charge >= 0.3 is 6.09 Å². The van der Waals surface area contributed by atoms with E-state index in [0.717, 1.165) is 17.5 Å². The van der Waals surface area contributed by atoms with Gasteiger partial charge in [0.15, 0.2) is 0 Å². The monoisotopic (exact) mass is 411 g/mol. The third-order valence-corrected chi connectivity index (χ3v) is 5.03. The summed E-state index contributed by atoms with van der Waals surface area (Å²) in [7, 11) is 0. The molecule has 0 radical (unpaired) electrons. The minimum absolute atomic E-state index is 0.0920. The summed E-state index contributed by atoms with van der Waals surface area (Å²) in [6, 6.07) is 16.6. The first-order valence-electron chi connectivity index (χ1n) is 10.4. The highest BCUT2D eigenvalue weighted by Crippen LogP contribution is 2.31. The number of carbonyl (C=O) groups excluding carboxylic acids is 1. The molecule has 4 nitrogen and oxygen atoms in total. The molecule has 1 aliphatic rings. The van der Waals surface area contributed by atoms with Gasteiger partial charge in [-0.3, -0.25) is 0 Å². The van der Waals surface area contributed by atoms with E-state index in [1.165, 1.54) is 12.1 Å². The van der Waals surface area contributed by atoms with E-state index in [-0.39, 0.29) is 23.9 Å². The van der Waals surface area contributed by atoms with Gasteiger partial charge in [0.25, 0.3) is 0 Å². The Morgan fingerprint density at radius 3 is 2.50 bits per heavy atom. The van der Waals surface area contributed by atoms with Crippen LogP contribution in [-0.4, -0.2) is 42.4 Å². The van der Waals surface area contributed by atoms with Crippen LogP contribution in [0.3, 0.4) is 0 Å². The third kappa shape index (κ3) is 6.42. The summed E-state index contributed by atoms with van der Waals surface area (Å²) in [5.41, 5.74) is 1.59. The second-order valence-corrected chi connectivity index (χ2v) is 8.56. The van der Waals surface area contributed by atoms with Crippen molar-refractivity contribution >= 4 is 12.2 Å². The van der Waals surface area contributed by atoms with Crippen LogP contribution in [0.5, 0.6) is 0 Å². The lowest BCUT2D eigenvalue weighted by Crippen LogP contribution is -2.48. The number of hydrogen-bond acceptors (Lipinski definition) is 3. The van der Waals surface area contributed by atoms with Gasteiger partial charge in [0.2, 0.25) is 0 Å². The van der Waals surface area contributed by atoms with Crippen LogP contribution in [0, 0.1) is 5.82 Å². The summed E-state index contributed by atoms with van der Waals surface area (Å²) >= 11 is 0. The summed E-state index contributed by atoms with van der Waals surface area (Å²) in [6.07, 6.45) is 4.20. The molecule has 30 heavy (non-hydrogen) atoms. The molecule has 0 aliphatic carbocycles. The number of likely N-dealkylation sites (tertiary alicyclic amines) is 1. The molecule has 1 amide bonds. The zero-order valence-corrected chi connectivity index (χ0v) is 17.9. The van der Waals surface area contributed by atoms with Crippen molar-refractivity contribution in [3.05, 3.63) is 77.6 Å². The number of piperidine rings is 1. The Morgan fingerprint density at radius 2 is 1.83 bits per heavy atom. The summed E-state index contributed by atoms with van der Waals surface area (Å²) in [6.45, 7) is 7.03. The van der Waals surface area contributed by atoms with Crippen LogP contribution in [-0.2, 0) is 9.47 Å². The van der Waals surface area contributed by atoms with Crippen LogP contribution in [0.1, 0.15) is 44.2 Å². The lowest BCUT2D eigenvalue weighted by molar-refractivity contribution is -0.0223. The van der Waals surface area contributed by atoms with Crippen LogP contribution in [0.25, 0.3) is 6.08 Å². The van der Waals surface area contributed by atoms with Gasteiger partial charge in [0.05, 0.1) is 19.3 Å². The average Bonchev–Trinajstić information content (AvgIpc) is 2.71. The van der Waals surface area contributed by atoms with Crippen molar-refractivity contribution in [1.29, 1.82) is 0 Å². The standard InChI is InChI=1S/C25H30FNO3/c1-25(2,3)30-24(28)27-16-15-22(20-11-13-21(26)14-12-20)23(18-27)29-17-7-10-19-8-5-4-6-9-19/h4-14,22-23H,15-18H2,1-3H3/b10-7+. The van der Waals surface area contributed by atoms with Crippen molar-refractivity contribution in [3.63, 3.8) is 0 Å². The molecule has 2 atom stereocenters. The van der Waals surface area contributed by atoms with Crippen LogP contribution in [0.4, 0.5) is 9.18 Å². The van der Waals surface area contributed by atoms with E-state index in [1.807, 2.05) is 63.3 Å². The van der Waals surface area contributed by atoms with E-state index in [4.69, 9.17) is 9.47 Å². The predicted octanol–water partition coefficient (Wildman–Crippen LogP) is 5.65. The maximum atomic E-state index is 13.4. The highest BCUT2D eigenvalue weighted by Gasteiger charge is 2.34. The Balaban J connectivity index is 1.68. The van der Waals surface area contributed by atoms with Gasteiger partial charge in [0.1, 0.15) is 11.4 Å². The fourth-order valence-corrected chi connectivity index (χ4v) is 3.60. The zero-order chi connectivity index (χ0) is 21.6. The Labute approximate surface area is 178 Å². The molecule has 1 saturated heterocycles. The number of benzene rings is 2. The number of halogens is 1. The Bertz CT molecular complexity index is 843. The maximum Gasteiger partial charge on any atom is 0.410 e. The zero-order valence-electron chi connectivity index (χ0n) is 17.9. The van der Waals surface area contributed by atoms with E-state index in [2.05, 4.69) is 0 Å². The van der Waals surface area contributed by atoms with Gasteiger partial charge in [0, 0.05) is 12.5 Å². The van der Waals surface area contributed by atoms with Crippen molar-refractivity contribution in [1.82, 2.24) is 4.90 Å². The first kappa shape index (κ1) is 22.0. The van der Waals surface area contributed by atoms with Crippen LogP contribution >= 0.6 is 0 Å². The molecule has 0 aromatic heterocycles. The molecule has 1 aliphatic heterocycles. The van der Waals surface area contributed by atoms with Gasteiger partial charge in [-0.1, -0.05) is 54.6 Å².